The molecule has 3 rings (SSSR count). The third-order valence-electron chi connectivity index (χ3n) is 3.61. The number of nitrogens with one attached hydrogen (secondary N) is 1. The van der Waals surface area contributed by atoms with Crippen LogP contribution in [0.1, 0.15) is 42.0 Å². The third kappa shape index (κ3) is 2.81. The second kappa shape index (κ2) is 5.65. The molecule has 116 valence electrons. The van der Waals surface area contributed by atoms with Gasteiger partial charge in [-0.15, -0.1) is 11.3 Å². The number of hydrogen-bond acceptors (Lipinski definition) is 4. The van der Waals surface area contributed by atoms with Gasteiger partial charge in [-0.1, -0.05) is 32.9 Å². The summed E-state index contributed by atoms with van der Waals surface area (Å²) in [4.78, 5) is 13.9. The summed E-state index contributed by atoms with van der Waals surface area (Å²) in [7, 11) is 0. The highest BCUT2D eigenvalue weighted by molar-refractivity contribution is 7.10. The van der Waals surface area contributed by atoms with Crippen molar-refractivity contribution in [1.82, 2.24) is 5.32 Å². The fourth-order valence-electron chi connectivity index (χ4n) is 2.49. The maximum absolute atomic E-state index is 12.7. The standard InChI is InChI=1S/C17H19NO3S/c1-17(2,3)15(13-8-5-9-22-13)18-16(19)11-6-4-7-12-14(11)21-10-20-12/h4-9,15H,10H2,1-3H3,(H,18,19). The van der Waals surface area contributed by atoms with Crippen LogP contribution >= 0.6 is 11.3 Å². The number of carbonyl (C=O) groups excluding carboxylic acids is 1. The molecule has 5 heteroatoms. The van der Waals surface area contributed by atoms with Gasteiger partial charge in [-0.3, -0.25) is 4.79 Å². The normalized spacial score (nSPS) is 14.7. The van der Waals surface area contributed by atoms with Gasteiger partial charge in [0.2, 0.25) is 6.79 Å². The first-order valence-electron chi connectivity index (χ1n) is 7.19. The Morgan fingerprint density at radius 2 is 2.05 bits per heavy atom. The number of benzene rings is 1. The van der Waals surface area contributed by atoms with Gasteiger partial charge in [-0.2, -0.15) is 0 Å². The summed E-state index contributed by atoms with van der Waals surface area (Å²) >= 11 is 1.65. The number of carbonyl (C=O) groups is 1. The summed E-state index contributed by atoms with van der Waals surface area (Å²) in [5.41, 5.74) is 0.427. The Bertz CT molecular complexity index is 674. The second-order valence-corrected chi connectivity index (χ2v) is 7.31. The van der Waals surface area contributed by atoms with Crippen LogP contribution in [0.15, 0.2) is 35.7 Å². The van der Waals surface area contributed by atoms with Crippen molar-refractivity contribution in [3.05, 3.63) is 46.2 Å². The van der Waals surface area contributed by atoms with Gasteiger partial charge in [0.1, 0.15) is 0 Å². The zero-order chi connectivity index (χ0) is 15.7. The minimum Gasteiger partial charge on any atom is -0.454 e. The highest BCUT2D eigenvalue weighted by atomic mass is 32.1. The molecule has 0 saturated carbocycles. The van der Waals surface area contributed by atoms with Crippen LogP contribution in [0, 0.1) is 5.41 Å². The first kappa shape index (κ1) is 14.9. The molecule has 1 aromatic heterocycles. The Morgan fingerprint density at radius 3 is 2.73 bits per heavy atom. The molecule has 1 aliphatic rings. The van der Waals surface area contributed by atoms with Gasteiger partial charge in [0.05, 0.1) is 11.6 Å². The molecule has 22 heavy (non-hydrogen) atoms. The number of thiophene rings is 1. The molecule has 0 spiro atoms. The van der Waals surface area contributed by atoms with E-state index in [4.69, 9.17) is 9.47 Å². The summed E-state index contributed by atoms with van der Waals surface area (Å²) in [6.07, 6.45) is 0. The number of amides is 1. The number of para-hydroxylation sites is 1. The van der Waals surface area contributed by atoms with Gasteiger partial charge >= 0.3 is 0 Å². The monoisotopic (exact) mass is 317 g/mol. The number of fused-ring (bicyclic) bond motifs is 1. The second-order valence-electron chi connectivity index (χ2n) is 6.33. The first-order valence-corrected chi connectivity index (χ1v) is 8.07. The van der Waals surface area contributed by atoms with E-state index in [1.807, 2.05) is 11.4 Å². The molecule has 0 fully saturated rings. The SMILES string of the molecule is CC(C)(C)C(NC(=O)c1cccc2c1OCO2)c1cccs1. The van der Waals surface area contributed by atoms with Crippen LogP contribution in [0.2, 0.25) is 0 Å². The summed E-state index contributed by atoms with van der Waals surface area (Å²) in [6, 6.07) is 9.37. The quantitative estimate of drug-likeness (QED) is 0.931. The lowest BCUT2D eigenvalue weighted by Crippen LogP contribution is -2.36. The van der Waals surface area contributed by atoms with Gasteiger partial charge in [0, 0.05) is 4.88 Å². The predicted molar refractivity (Wildman–Crippen MR) is 86.5 cm³/mol. The average Bonchev–Trinajstić information content (AvgIpc) is 3.13. The van der Waals surface area contributed by atoms with E-state index >= 15 is 0 Å². The van der Waals surface area contributed by atoms with E-state index in [0.29, 0.717) is 17.1 Å². The Kier molecular flexibility index (Phi) is 3.83. The van der Waals surface area contributed by atoms with Gasteiger partial charge in [0.25, 0.3) is 5.91 Å². The molecule has 1 N–H and O–H groups in total. The summed E-state index contributed by atoms with van der Waals surface area (Å²) in [5.74, 6) is 1.01. The van der Waals surface area contributed by atoms with Crippen molar-refractivity contribution >= 4 is 17.2 Å². The highest BCUT2D eigenvalue weighted by Crippen LogP contribution is 2.38. The van der Waals surface area contributed by atoms with Crippen LogP contribution in [0.5, 0.6) is 11.5 Å². The minimum absolute atomic E-state index is 0.0572. The van der Waals surface area contributed by atoms with E-state index < -0.39 is 0 Å². The van der Waals surface area contributed by atoms with Crippen molar-refractivity contribution in [3.8, 4) is 11.5 Å². The molecule has 1 unspecified atom stereocenters. The maximum atomic E-state index is 12.7. The Balaban J connectivity index is 1.88. The zero-order valence-electron chi connectivity index (χ0n) is 12.9. The van der Waals surface area contributed by atoms with E-state index in [2.05, 4.69) is 32.2 Å². The smallest absolute Gasteiger partial charge is 0.255 e. The summed E-state index contributed by atoms with van der Waals surface area (Å²) < 4.78 is 10.8. The van der Waals surface area contributed by atoms with Crippen LogP contribution in [0.3, 0.4) is 0 Å². The van der Waals surface area contributed by atoms with E-state index in [9.17, 15) is 4.79 Å². The topological polar surface area (TPSA) is 47.6 Å². The molecule has 0 saturated heterocycles. The summed E-state index contributed by atoms with van der Waals surface area (Å²) in [5, 5.41) is 5.17. The zero-order valence-corrected chi connectivity index (χ0v) is 13.7. The molecule has 4 nitrogen and oxygen atoms in total. The number of hydrogen-bond donors (Lipinski definition) is 1. The molecular formula is C17H19NO3S. The lowest BCUT2D eigenvalue weighted by molar-refractivity contribution is 0.0898. The van der Waals surface area contributed by atoms with E-state index in [-0.39, 0.29) is 24.2 Å². The molecule has 1 aliphatic heterocycles. The molecular weight excluding hydrogens is 298 g/mol. The Labute approximate surface area is 134 Å². The molecule has 0 aliphatic carbocycles. The van der Waals surface area contributed by atoms with Crippen molar-refractivity contribution in [2.45, 2.75) is 26.8 Å². The van der Waals surface area contributed by atoms with Gasteiger partial charge in [-0.05, 0) is 29.0 Å². The predicted octanol–water partition coefficient (Wildman–Crippen LogP) is 3.99. The maximum Gasteiger partial charge on any atom is 0.255 e. The fourth-order valence-corrected chi connectivity index (χ4v) is 3.51. The van der Waals surface area contributed by atoms with E-state index in [1.165, 1.54) is 0 Å². The fraction of sp³-hybridized carbons (Fsp3) is 0.353. The van der Waals surface area contributed by atoms with Crippen LogP contribution in [0.25, 0.3) is 0 Å². The lowest BCUT2D eigenvalue weighted by Gasteiger charge is -2.31. The van der Waals surface area contributed by atoms with Crippen LogP contribution in [0.4, 0.5) is 0 Å². The largest absolute Gasteiger partial charge is 0.454 e. The number of rotatable bonds is 3. The molecule has 1 amide bonds. The van der Waals surface area contributed by atoms with Crippen LogP contribution in [-0.2, 0) is 0 Å². The van der Waals surface area contributed by atoms with Gasteiger partial charge in [0.15, 0.2) is 11.5 Å². The van der Waals surface area contributed by atoms with Gasteiger partial charge in [-0.25, -0.2) is 0 Å². The lowest BCUT2D eigenvalue weighted by atomic mass is 9.85. The minimum atomic E-state index is -0.143. The first-order chi connectivity index (χ1) is 10.5. The average molecular weight is 317 g/mol. The molecule has 1 atom stereocenters. The molecule has 2 aromatic rings. The molecule has 0 bridgehead atoms. The highest BCUT2D eigenvalue weighted by Gasteiger charge is 2.30. The van der Waals surface area contributed by atoms with Crippen molar-refractivity contribution in [1.29, 1.82) is 0 Å². The van der Waals surface area contributed by atoms with Crippen LogP contribution in [-0.4, -0.2) is 12.7 Å². The van der Waals surface area contributed by atoms with Crippen molar-refractivity contribution in [2.75, 3.05) is 6.79 Å². The van der Waals surface area contributed by atoms with Crippen LogP contribution < -0.4 is 14.8 Å². The van der Waals surface area contributed by atoms with Gasteiger partial charge < -0.3 is 14.8 Å². The molecule has 2 heterocycles. The van der Waals surface area contributed by atoms with Crippen molar-refractivity contribution in [3.63, 3.8) is 0 Å². The van der Waals surface area contributed by atoms with E-state index in [1.54, 1.807) is 29.5 Å². The molecule has 0 radical (unpaired) electrons. The summed E-state index contributed by atoms with van der Waals surface area (Å²) in [6.45, 7) is 6.51. The van der Waals surface area contributed by atoms with E-state index in [0.717, 1.165) is 4.88 Å². The van der Waals surface area contributed by atoms with Crippen molar-refractivity contribution in [2.24, 2.45) is 5.41 Å². The number of ether oxygens (including phenoxy) is 2. The third-order valence-corrected chi connectivity index (χ3v) is 4.55. The molecule has 1 aromatic carbocycles. The Morgan fingerprint density at radius 1 is 1.23 bits per heavy atom. The Hall–Kier alpha value is -2.01. The van der Waals surface area contributed by atoms with Crippen molar-refractivity contribution < 1.29 is 14.3 Å².